The molecule has 0 heterocycles. The van der Waals surface area contributed by atoms with Crippen molar-refractivity contribution in [2.45, 2.75) is 6.18 Å². The number of benzene rings is 1. The second-order valence-corrected chi connectivity index (χ2v) is 3.71. The quantitative estimate of drug-likeness (QED) is 0.291. The van der Waals surface area contributed by atoms with E-state index in [0.29, 0.717) is 0 Å². The highest BCUT2D eigenvalue weighted by molar-refractivity contribution is 5.81. The molecule has 120 valence electrons. The maximum atomic E-state index is 11.8. The number of alkyl halides is 3. The maximum absolute atomic E-state index is 11.8. The van der Waals surface area contributed by atoms with Gasteiger partial charge in [0.25, 0.3) is 5.69 Å². The molecule has 1 rings (SSSR count). The Morgan fingerprint density at radius 3 is 2.32 bits per heavy atom. The minimum atomic E-state index is -5.01. The molecule has 1 N–H and O–H groups in total. The number of nitrogens with zero attached hydrogens (tertiary/aromatic N) is 1. The number of nitro groups is 1. The number of amides is 1. The van der Waals surface area contributed by atoms with Crippen LogP contribution in [-0.2, 0) is 9.53 Å². The number of ether oxygens (including phenoxy) is 2. The van der Waals surface area contributed by atoms with E-state index in [1.807, 2.05) is 0 Å². The molecule has 0 spiro atoms. The summed E-state index contributed by atoms with van der Waals surface area (Å²) in [5.41, 5.74) is -0.212. The largest absolute Gasteiger partial charge is 0.513 e. The van der Waals surface area contributed by atoms with Crippen LogP contribution in [0.4, 0.5) is 23.7 Å². The van der Waals surface area contributed by atoms with Crippen LogP contribution in [0.5, 0.6) is 5.75 Å². The molecule has 22 heavy (non-hydrogen) atoms. The third kappa shape index (κ3) is 5.64. The van der Waals surface area contributed by atoms with Crippen LogP contribution in [-0.4, -0.2) is 36.3 Å². The van der Waals surface area contributed by atoms with Gasteiger partial charge in [-0.05, 0) is 12.1 Å². The molecule has 0 radical (unpaired) electrons. The molecule has 1 amide bonds. The Hall–Kier alpha value is -2.85. The van der Waals surface area contributed by atoms with Crippen LogP contribution in [0.25, 0.3) is 0 Å². The molecular formula is C11H9F3N2O6. The molecule has 0 aromatic heterocycles. The third-order valence-electron chi connectivity index (χ3n) is 2.11. The van der Waals surface area contributed by atoms with Crippen molar-refractivity contribution < 1.29 is 37.2 Å². The van der Waals surface area contributed by atoms with E-state index in [1.165, 1.54) is 5.32 Å². The van der Waals surface area contributed by atoms with Crippen molar-refractivity contribution >= 4 is 17.7 Å². The highest BCUT2D eigenvalue weighted by Crippen LogP contribution is 2.17. The summed E-state index contributed by atoms with van der Waals surface area (Å²) >= 11 is 0. The number of non-ortho nitro benzene ring substituents is 1. The Morgan fingerprint density at radius 2 is 1.82 bits per heavy atom. The molecule has 0 saturated carbocycles. The molecular weight excluding hydrogens is 313 g/mol. The van der Waals surface area contributed by atoms with E-state index in [1.54, 1.807) is 0 Å². The third-order valence-corrected chi connectivity index (χ3v) is 2.11. The number of rotatable bonds is 5. The summed E-state index contributed by atoms with van der Waals surface area (Å²) in [7, 11) is 0. The van der Waals surface area contributed by atoms with Crippen LogP contribution in [0, 0.1) is 10.1 Å². The fourth-order valence-electron chi connectivity index (χ4n) is 1.16. The lowest BCUT2D eigenvalue weighted by atomic mass is 10.3. The van der Waals surface area contributed by atoms with Gasteiger partial charge < -0.3 is 14.8 Å². The van der Waals surface area contributed by atoms with Gasteiger partial charge in [0.2, 0.25) is 0 Å². The minimum Gasteiger partial charge on any atom is -0.432 e. The van der Waals surface area contributed by atoms with Crippen molar-refractivity contribution in [3.8, 4) is 5.75 Å². The number of carbonyl (C=O) groups is 2. The summed E-state index contributed by atoms with van der Waals surface area (Å²) in [4.78, 5) is 31.3. The fourth-order valence-corrected chi connectivity index (χ4v) is 1.16. The minimum absolute atomic E-state index is 0.0464. The van der Waals surface area contributed by atoms with Crippen molar-refractivity contribution in [3.63, 3.8) is 0 Å². The monoisotopic (exact) mass is 322 g/mol. The van der Waals surface area contributed by atoms with Crippen LogP contribution >= 0.6 is 0 Å². The van der Waals surface area contributed by atoms with Crippen LogP contribution in [0.15, 0.2) is 24.3 Å². The first-order valence-electron chi connectivity index (χ1n) is 5.64. The number of carbonyl (C=O) groups excluding carboxylic acids is 2. The van der Waals surface area contributed by atoms with E-state index in [-0.39, 0.29) is 11.4 Å². The zero-order chi connectivity index (χ0) is 16.8. The van der Waals surface area contributed by atoms with Gasteiger partial charge in [-0.2, -0.15) is 13.2 Å². The number of hydrogen-bond acceptors (Lipinski definition) is 6. The molecule has 0 aliphatic carbocycles. The Morgan fingerprint density at radius 1 is 1.23 bits per heavy atom. The van der Waals surface area contributed by atoms with E-state index in [0.717, 1.165) is 24.3 Å². The smallest absolute Gasteiger partial charge is 0.432 e. The van der Waals surface area contributed by atoms with Crippen molar-refractivity contribution in [1.82, 2.24) is 5.32 Å². The predicted octanol–water partition coefficient (Wildman–Crippen LogP) is 1.79. The highest BCUT2D eigenvalue weighted by atomic mass is 19.4. The van der Waals surface area contributed by atoms with Gasteiger partial charge >= 0.3 is 18.2 Å². The molecule has 0 bridgehead atoms. The highest BCUT2D eigenvalue weighted by Gasteiger charge is 2.38. The van der Waals surface area contributed by atoms with Crippen LogP contribution in [0.3, 0.4) is 0 Å². The van der Waals surface area contributed by atoms with Crippen LogP contribution < -0.4 is 10.1 Å². The van der Waals surface area contributed by atoms with E-state index in [9.17, 15) is 32.9 Å². The first kappa shape index (κ1) is 17.2. The molecule has 0 unspecified atom stereocenters. The fraction of sp³-hybridized carbons (Fsp3) is 0.273. The molecule has 8 nitrogen and oxygen atoms in total. The second-order valence-electron chi connectivity index (χ2n) is 3.71. The molecule has 0 fully saturated rings. The lowest BCUT2D eigenvalue weighted by molar-refractivity contribution is -0.384. The first-order chi connectivity index (χ1) is 10.2. The second kappa shape index (κ2) is 7.24. The maximum Gasteiger partial charge on any atom is 0.513 e. The Labute approximate surface area is 121 Å². The van der Waals surface area contributed by atoms with Crippen molar-refractivity contribution in [1.29, 1.82) is 0 Å². The average molecular weight is 322 g/mol. The molecule has 11 heteroatoms. The van der Waals surface area contributed by atoms with Crippen LogP contribution in [0.1, 0.15) is 0 Å². The SMILES string of the molecule is O=C(OCCNC(=O)C(F)(F)F)Oc1ccc([N+](=O)[O-])cc1. The molecule has 1 aromatic rings. The van der Waals surface area contributed by atoms with Crippen LogP contribution in [0.2, 0.25) is 0 Å². The first-order valence-corrected chi connectivity index (χ1v) is 5.64. The number of hydrogen-bond donors (Lipinski definition) is 1. The van der Waals surface area contributed by atoms with Gasteiger partial charge in [0.1, 0.15) is 12.4 Å². The van der Waals surface area contributed by atoms with Crippen molar-refractivity contribution in [2.24, 2.45) is 0 Å². The Balaban J connectivity index is 2.32. The summed E-state index contributed by atoms with van der Waals surface area (Å²) in [6, 6.07) is 4.47. The summed E-state index contributed by atoms with van der Waals surface area (Å²) in [6.07, 6.45) is -6.24. The number of nitrogens with one attached hydrogen (secondary N) is 1. The lowest BCUT2D eigenvalue weighted by Crippen LogP contribution is -2.38. The Bertz CT molecular complexity index is 558. The molecule has 0 aliphatic heterocycles. The lowest BCUT2D eigenvalue weighted by Gasteiger charge is -2.08. The zero-order valence-corrected chi connectivity index (χ0v) is 10.8. The van der Waals surface area contributed by atoms with E-state index < -0.39 is 36.3 Å². The standard InChI is InChI=1S/C11H9F3N2O6/c12-11(13,14)9(17)15-5-6-21-10(18)22-8-3-1-7(2-4-8)16(19)20/h1-4H,5-6H2,(H,15,17). The van der Waals surface area contributed by atoms with E-state index in [2.05, 4.69) is 9.47 Å². The Kier molecular flexibility index (Phi) is 5.66. The summed E-state index contributed by atoms with van der Waals surface area (Å²) in [5.74, 6) is -2.20. The van der Waals surface area contributed by atoms with E-state index in [4.69, 9.17) is 0 Å². The van der Waals surface area contributed by atoms with Gasteiger partial charge in [0.15, 0.2) is 0 Å². The van der Waals surface area contributed by atoms with Gasteiger partial charge in [0.05, 0.1) is 11.5 Å². The molecule has 1 aromatic carbocycles. The van der Waals surface area contributed by atoms with Gasteiger partial charge in [-0.3, -0.25) is 14.9 Å². The topological polar surface area (TPSA) is 108 Å². The zero-order valence-electron chi connectivity index (χ0n) is 10.8. The number of halogens is 3. The normalized spacial score (nSPS) is 10.7. The number of nitro benzene ring substituents is 1. The van der Waals surface area contributed by atoms with Gasteiger partial charge in [-0.15, -0.1) is 0 Å². The van der Waals surface area contributed by atoms with Crippen molar-refractivity contribution in [2.75, 3.05) is 13.2 Å². The van der Waals surface area contributed by atoms with Crippen molar-refractivity contribution in [3.05, 3.63) is 34.4 Å². The summed E-state index contributed by atoms with van der Waals surface area (Å²) < 4.78 is 44.5. The average Bonchev–Trinajstić information content (AvgIpc) is 2.42. The molecule has 0 atom stereocenters. The van der Waals surface area contributed by atoms with Gasteiger partial charge in [0, 0.05) is 12.1 Å². The summed E-state index contributed by atoms with van der Waals surface area (Å²) in [6.45, 7) is -1.08. The van der Waals surface area contributed by atoms with Gasteiger partial charge in [-0.1, -0.05) is 0 Å². The van der Waals surface area contributed by atoms with Gasteiger partial charge in [-0.25, -0.2) is 4.79 Å². The summed E-state index contributed by atoms with van der Waals surface area (Å²) in [5, 5.41) is 11.9. The predicted molar refractivity (Wildman–Crippen MR) is 64.1 cm³/mol. The molecule has 0 aliphatic rings. The van der Waals surface area contributed by atoms with E-state index >= 15 is 0 Å². The molecule has 0 saturated heterocycles.